The minimum absolute atomic E-state index is 0.141. The third kappa shape index (κ3) is 2.84. The second-order valence-electron chi connectivity index (χ2n) is 5.33. The Bertz CT molecular complexity index is 625. The highest BCUT2D eigenvalue weighted by atomic mass is 32.2. The van der Waals surface area contributed by atoms with E-state index >= 15 is 0 Å². The molecule has 0 spiro atoms. The molecule has 0 amide bonds. The average molecular weight is 319 g/mol. The highest BCUT2D eigenvalue weighted by Gasteiger charge is 2.27. The fraction of sp³-hybridized carbons (Fsp3) is 0.467. The van der Waals surface area contributed by atoms with Crippen LogP contribution in [0.5, 0.6) is 0 Å². The lowest BCUT2D eigenvalue weighted by Gasteiger charge is -2.23. The van der Waals surface area contributed by atoms with Crippen molar-refractivity contribution in [2.24, 2.45) is 0 Å². The van der Waals surface area contributed by atoms with Crippen molar-refractivity contribution < 1.29 is 4.52 Å². The minimum atomic E-state index is 0.141. The molecule has 4 nitrogen and oxygen atoms in total. The first-order valence-electron chi connectivity index (χ1n) is 7.23. The molecular weight excluding hydrogens is 302 g/mol. The van der Waals surface area contributed by atoms with Gasteiger partial charge in [-0.3, -0.25) is 0 Å². The van der Waals surface area contributed by atoms with Crippen molar-refractivity contribution in [1.29, 1.82) is 0 Å². The van der Waals surface area contributed by atoms with Crippen LogP contribution in [0.3, 0.4) is 0 Å². The molecule has 1 aromatic carbocycles. The van der Waals surface area contributed by atoms with E-state index in [1.807, 2.05) is 23.5 Å². The van der Waals surface area contributed by atoms with E-state index < -0.39 is 0 Å². The lowest BCUT2D eigenvalue weighted by Crippen LogP contribution is -2.28. The quantitative estimate of drug-likeness (QED) is 0.918. The third-order valence-corrected chi connectivity index (χ3v) is 6.69. The van der Waals surface area contributed by atoms with Crippen LogP contribution in [-0.4, -0.2) is 27.4 Å². The van der Waals surface area contributed by atoms with Gasteiger partial charge in [-0.25, -0.2) is 0 Å². The van der Waals surface area contributed by atoms with E-state index in [0.29, 0.717) is 5.25 Å². The van der Waals surface area contributed by atoms with Crippen LogP contribution in [0, 0.1) is 0 Å². The molecule has 21 heavy (non-hydrogen) atoms. The lowest BCUT2D eigenvalue weighted by molar-refractivity contribution is 0.319. The molecule has 4 rings (SSSR count). The number of thioether (sulfide) groups is 2. The molecule has 2 aliphatic heterocycles. The summed E-state index contributed by atoms with van der Waals surface area (Å²) in [4.78, 5) is 4.66. The Labute approximate surface area is 132 Å². The van der Waals surface area contributed by atoms with Gasteiger partial charge in [0.15, 0.2) is 5.82 Å². The van der Waals surface area contributed by atoms with Gasteiger partial charge in [-0.15, -0.1) is 11.8 Å². The maximum atomic E-state index is 5.53. The van der Waals surface area contributed by atoms with Gasteiger partial charge in [-0.2, -0.15) is 16.7 Å². The summed E-state index contributed by atoms with van der Waals surface area (Å²) in [6.07, 6.45) is 0.921. The zero-order valence-corrected chi connectivity index (χ0v) is 13.3. The Kier molecular flexibility index (Phi) is 3.92. The molecule has 2 atom stereocenters. The molecule has 1 saturated heterocycles. The fourth-order valence-electron chi connectivity index (χ4n) is 2.79. The standard InChI is InChI=1S/C15H17N3OS2/c1-2-4-11-8-16-12(7-10(11)3-1)15-17-14(18-19-15)13-9-20-5-6-21-13/h1-4,12-13,16H,5-9H2/t12-,13?/m1/s1. The van der Waals surface area contributed by atoms with Gasteiger partial charge in [0.05, 0.1) is 11.3 Å². The van der Waals surface area contributed by atoms with Gasteiger partial charge in [0.2, 0.25) is 5.89 Å². The molecule has 0 aliphatic carbocycles. The fourth-order valence-corrected chi connectivity index (χ4v) is 5.37. The van der Waals surface area contributed by atoms with Crippen molar-refractivity contribution in [3.8, 4) is 0 Å². The van der Waals surface area contributed by atoms with Gasteiger partial charge < -0.3 is 9.84 Å². The van der Waals surface area contributed by atoms with Gasteiger partial charge in [-0.1, -0.05) is 29.4 Å². The summed E-state index contributed by atoms with van der Waals surface area (Å²) in [6.45, 7) is 0.868. The van der Waals surface area contributed by atoms with Crippen molar-refractivity contribution >= 4 is 23.5 Å². The Hall–Kier alpha value is -0.980. The van der Waals surface area contributed by atoms with Crippen molar-refractivity contribution in [2.45, 2.75) is 24.3 Å². The first-order valence-corrected chi connectivity index (χ1v) is 9.43. The van der Waals surface area contributed by atoms with Crippen molar-refractivity contribution in [3.63, 3.8) is 0 Å². The summed E-state index contributed by atoms with van der Waals surface area (Å²) in [5.41, 5.74) is 2.75. The van der Waals surface area contributed by atoms with Gasteiger partial charge >= 0.3 is 0 Å². The van der Waals surface area contributed by atoms with Crippen molar-refractivity contribution in [3.05, 3.63) is 47.1 Å². The maximum Gasteiger partial charge on any atom is 0.244 e. The summed E-state index contributed by atoms with van der Waals surface area (Å²) in [5.74, 6) is 5.09. The number of benzene rings is 1. The molecule has 2 aliphatic rings. The van der Waals surface area contributed by atoms with E-state index in [1.54, 1.807) is 0 Å². The Morgan fingerprint density at radius 1 is 1.19 bits per heavy atom. The van der Waals surface area contributed by atoms with Crippen molar-refractivity contribution in [2.75, 3.05) is 17.3 Å². The molecule has 0 bridgehead atoms. The smallest absolute Gasteiger partial charge is 0.244 e. The van der Waals surface area contributed by atoms with Crippen LogP contribution in [0.15, 0.2) is 28.8 Å². The monoisotopic (exact) mass is 319 g/mol. The van der Waals surface area contributed by atoms with Gasteiger partial charge in [0.25, 0.3) is 0 Å². The summed E-state index contributed by atoms with van der Waals surface area (Å²) in [7, 11) is 0. The topological polar surface area (TPSA) is 51.0 Å². The molecule has 2 aromatic rings. The highest BCUT2D eigenvalue weighted by molar-refractivity contribution is 8.06. The van der Waals surface area contributed by atoms with E-state index in [9.17, 15) is 0 Å². The number of nitrogens with one attached hydrogen (secondary N) is 1. The Morgan fingerprint density at radius 2 is 2.10 bits per heavy atom. The highest BCUT2D eigenvalue weighted by Crippen LogP contribution is 2.36. The van der Waals surface area contributed by atoms with Gasteiger partial charge in [0, 0.05) is 23.8 Å². The zero-order chi connectivity index (χ0) is 14.1. The van der Waals surface area contributed by atoms with E-state index in [0.717, 1.165) is 30.4 Å². The van der Waals surface area contributed by atoms with Gasteiger partial charge in [-0.05, 0) is 17.5 Å². The number of nitrogens with zero attached hydrogens (tertiary/aromatic N) is 2. The largest absolute Gasteiger partial charge is 0.338 e. The third-order valence-electron chi connectivity index (χ3n) is 3.94. The molecule has 0 radical (unpaired) electrons. The van der Waals surface area contributed by atoms with Crippen molar-refractivity contribution in [1.82, 2.24) is 15.5 Å². The van der Waals surface area contributed by atoms with E-state index in [4.69, 9.17) is 4.52 Å². The van der Waals surface area contributed by atoms with Crippen LogP contribution in [0.4, 0.5) is 0 Å². The summed E-state index contributed by atoms with van der Waals surface area (Å²) in [6, 6.07) is 8.68. The predicted molar refractivity (Wildman–Crippen MR) is 86.5 cm³/mol. The maximum absolute atomic E-state index is 5.53. The van der Waals surface area contributed by atoms with Crippen LogP contribution in [0.25, 0.3) is 0 Å². The minimum Gasteiger partial charge on any atom is -0.338 e. The first-order chi connectivity index (χ1) is 10.4. The van der Waals surface area contributed by atoms with E-state index in [-0.39, 0.29) is 6.04 Å². The molecule has 1 fully saturated rings. The summed E-state index contributed by atoms with van der Waals surface area (Å²) in [5, 5.41) is 8.10. The predicted octanol–water partition coefficient (Wildman–Crippen LogP) is 2.98. The number of fused-ring (bicyclic) bond motifs is 1. The van der Waals surface area contributed by atoms with E-state index in [1.165, 1.54) is 22.6 Å². The number of hydrogen-bond acceptors (Lipinski definition) is 6. The SMILES string of the molecule is c1ccc2c(c1)CN[C@@H](c1nc(C3CSCCS3)no1)C2. The second-order valence-corrected chi connectivity index (χ2v) is 7.79. The number of aromatic nitrogens is 2. The number of hydrogen-bond donors (Lipinski definition) is 1. The van der Waals surface area contributed by atoms with Crippen LogP contribution >= 0.6 is 23.5 Å². The summed E-state index contributed by atoms with van der Waals surface area (Å²) >= 11 is 3.91. The molecule has 1 unspecified atom stereocenters. The Balaban J connectivity index is 1.51. The molecule has 1 aromatic heterocycles. The second kappa shape index (κ2) is 6.02. The zero-order valence-electron chi connectivity index (χ0n) is 11.6. The van der Waals surface area contributed by atoms with Crippen LogP contribution in [0.1, 0.15) is 34.1 Å². The molecule has 6 heteroatoms. The van der Waals surface area contributed by atoms with Crippen LogP contribution in [0.2, 0.25) is 0 Å². The average Bonchev–Trinajstić information content (AvgIpc) is 3.05. The molecule has 1 N–H and O–H groups in total. The molecule has 3 heterocycles. The lowest BCUT2D eigenvalue weighted by atomic mass is 9.96. The molecule has 0 saturated carbocycles. The van der Waals surface area contributed by atoms with Crippen LogP contribution < -0.4 is 5.32 Å². The number of rotatable bonds is 2. The van der Waals surface area contributed by atoms with E-state index in [2.05, 4.69) is 39.7 Å². The van der Waals surface area contributed by atoms with Gasteiger partial charge in [0.1, 0.15) is 0 Å². The Morgan fingerprint density at radius 3 is 2.95 bits per heavy atom. The molecule has 110 valence electrons. The molecular formula is C15H17N3OS2. The first kappa shape index (κ1) is 13.7. The normalized spacial score (nSPS) is 25.5. The summed E-state index contributed by atoms with van der Waals surface area (Å²) < 4.78 is 5.53. The van der Waals surface area contributed by atoms with Crippen LogP contribution in [-0.2, 0) is 13.0 Å².